The molecule has 0 aromatic rings. The Bertz CT molecular complexity index is 185. The zero-order valence-electron chi connectivity index (χ0n) is 9.56. The van der Waals surface area contributed by atoms with Gasteiger partial charge in [-0.05, 0) is 12.8 Å². The summed E-state index contributed by atoms with van der Waals surface area (Å²) in [6, 6.07) is 0. The van der Waals surface area contributed by atoms with E-state index in [0.717, 1.165) is 38.5 Å². The van der Waals surface area contributed by atoms with E-state index in [1.165, 1.54) is 0 Å². The second-order valence-electron chi connectivity index (χ2n) is 4.14. The van der Waals surface area contributed by atoms with Gasteiger partial charge in [0.15, 0.2) is 0 Å². The number of carboxylic acids is 1. The molecule has 0 aliphatic rings. The number of rotatable bonds is 10. The Kier molecular flexibility index (Phi) is 8.15. The van der Waals surface area contributed by atoms with E-state index in [4.69, 9.17) is 20.4 Å². The van der Waals surface area contributed by atoms with Crippen LogP contribution in [0.2, 0.25) is 0 Å². The van der Waals surface area contributed by atoms with Crippen molar-refractivity contribution >= 4 is 5.97 Å². The summed E-state index contributed by atoms with van der Waals surface area (Å²) in [5.41, 5.74) is 0. The molecule has 0 aliphatic heterocycles. The highest BCUT2D eigenvalue weighted by molar-refractivity contribution is 5.66. The quantitative estimate of drug-likeness (QED) is 0.336. The van der Waals surface area contributed by atoms with Crippen molar-refractivity contribution in [2.75, 3.05) is 0 Å². The van der Waals surface area contributed by atoms with Crippen LogP contribution >= 0.6 is 0 Å². The van der Waals surface area contributed by atoms with E-state index >= 15 is 0 Å². The van der Waals surface area contributed by atoms with Gasteiger partial charge in [0.2, 0.25) is 0 Å². The van der Waals surface area contributed by atoms with Gasteiger partial charge >= 0.3 is 5.97 Å². The van der Waals surface area contributed by atoms with Gasteiger partial charge in [-0.2, -0.15) is 0 Å². The first-order chi connectivity index (χ1) is 7.42. The number of hydrogen-bond donors (Lipinski definition) is 4. The van der Waals surface area contributed by atoms with E-state index in [9.17, 15) is 4.79 Å². The van der Waals surface area contributed by atoms with Gasteiger partial charge in [0, 0.05) is 12.8 Å². The Labute approximate surface area is 95.7 Å². The molecule has 0 fully saturated rings. The fraction of sp³-hybridized carbons (Fsp3) is 0.909. The highest BCUT2D eigenvalue weighted by Crippen LogP contribution is 2.12. The van der Waals surface area contributed by atoms with Crippen LogP contribution in [0.5, 0.6) is 0 Å². The molecule has 5 nitrogen and oxygen atoms in total. The standard InChI is InChI=1S/C11H22O5/c12-10(13)8-6-4-2-1-3-5-7-9-11(14,15)16/h14-16H,1-9H2,(H,12,13). The molecule has 0 bridgehead atoms. The van der Waals surface area contributed by atoms with Crippen LogP contribution in [0.25, 0.3) is 0 Å². The maximum atomic E-state index is 10.2. The monoisotopic (exact) mass is 234 g/mol. The van der Waals surface area contributed by atoms with Crippen molar-refractivity contribution in [3.8, 4) is 0 Å². The predicted octanol–water partition coefficient (Wildman–Crippen LogP) is 1.21. The average Bonchev–Trinajstić information content (AvgIpc) is 2.13. The first-order valence-electron chi connectivity index (χ1n) is 5.81. The summed E-state index contributed by atoms with van der Waals surface area (Å²) in [5.74, 6) is -3.27. The minimum absolute atomic E-state index is 0.0218. The first kappa shape index (κ1) is 15.3. The zero-order chi connectivity index (χ0) is 12.4. The minimum atomic E-state index is -2.53. The number of hydrogen-bond acceptors (Lipinski definition) is 4. The molecule has 0 amide bonds. The molecule has 0 rings (SSSR count). The average molecular weight is 234 g/mol. The topological polar surface area (TPSA) is 98.0 Å². The van der Waals surface area contributed by atoms with Crippen LogP contribution in [-0.4, -0.2) is 32.4 Å². The molecule has 0 radical (unpaired) electrons. The highest BCUT2D eigenvalue weighted by Gasteiger charge is 2.16. The fourth-order valence-corrected chi connectivity index (χ4v) is 1.52. The van der Waals surface area contributed by atoms with Crippen LogP contribution in [0.15, 0.2) is 0 Å². The lowest BCUT2D eigenvalue weighted by Crippen LogP contribution is -2.26. The van der Waals surface area contributed by atoms with E-state index in [0.29, 0.717) is 6.42 Å². The number of unbranched alkanes of at least 4 members (excludes halogenated alkanes) is 6. The van der Waals surface area contributed by atoms with E-state index in [1.807, 2.05) is 0 Å². The lowest BCUT2D eigenvalue weighted by molar-refractivity contribution is -0.315. The second kappa shape index (κ2) is 8.50. The molecule has 0 aliphatic carbocycles. The summed E-state index contributed by atoms with van der Waals surface area (Å²) in [5, 5.41) is 34.2. The van der Waals surface area contributed by atoms with Crippen LogP contribution in [0.1, 0.15) is 57.8 Å². The van der Waals surface area contributed by atoms with Crippen molar-refractivity contribution < 1.29 is 25.2 Å². The Morgan fingerprint density at radius 1 is 0.812 bits per heavy atom. The molecule has 5 heteroatoms. The molecule has 0 saturated carbocycles. The fourth-order valence-electron chi connectivity index (χ4n) is 1.52. The largest absolute Gasteiger partial charge is 0.481 e. The Morgan fingerprint density at radius 2 is 1.25 bits per heavy atom. The summed E-state index contributed by atoms with van der Waals surface area (Å²) in [4.78, 5) is 10.2. The second-order valence-corrected chi connectivity index (χ2v) is 4.14. The van der Waals surface area contributed by atoms with Crippen molar-refractivity contribution in [1.29, 1.82) is 0 Å². The highest BCUT2D eigenvalue weighted by atomic mass is 16.7. The normalized spacial score (nSPS) is 11.7. The summed E-state index contributed by atoms with van der Waals surface area (Å²) < 4.78 is 0. The van der Waals surface area contributed by atoms with Gasteiger partial charge in [-0.15, -0.1) is 0 Å². The number of carbonyl (C=O) groups is 1. The summed E-state index contributed by atoms with van der Waals surface area (Å²) >= 11 is 0. The molecule has 16 heavy (non-hydrogen) atoms. The van der Waals surface area contributed by atoms with Crippen LogP contribution in [0, 0.1) is 0 Å². The van der Waals surface area contributed by atoms with Crippen molar-refractivity contribution in [2.24, 2.45) is 0 Å². The van der Waals surface area contributed by atoms with Crippen molar-refractivity contribution in [3.05, 3.63) is 0 Å². The maximum absolute atomic E-state index is 10.2. The van der Waals surface area contributed by atoms with Crippen LogP contribution in [-0.2, 0) is 4.79 Å². The molecular formula is C11H22O5. The molecule has 0 aromatic heterocycles. The number of aliphatic hydroxyl groups is 3. The van der Waals surface area contributed by atoms with Crippen molar-refractivity contribution in [2.45, 2.75) is 63.8 Å². The lowest BCUT2D eigenvalue weighted by Gasteiger charge is -2.12. The molecule has 4 N–H and O–H groups in total. The van der Waals surface area contributed by atoms with Gasteiger partial charge in [0.05, 0.1) is 0 Å². The van der Waals surface area contributed by atoms with Crippen LogP contribution in [0.4, 0.5) is 0 Å². The van der Waals surface area contributed by atoms with Crippen molar-refractivity contribution in [1.82, 2.24) is 0 Å². The summed E-state index contributed by atoms with van der Waals surface area (Å²) in [7, 11) is 0. The first-order valence-corrected chi connectivity index (χ1v) is 5.81. The molecule has 0 aromatic carbocycles. The van der Waals surface area contributed by atoms with Crippen molar-refractivity contribution in [3.63, 3.8) is 0 Å². The molecule has 96 valence electrons. The molecule has 0 saturated heterocycles. The molecule has 0 heterocycles. The third-order valence-corrected chi connectivity index (χ3v) is 2.40. The SMILES string of the molecule is O=C(O)CCCCCCCCCC(O)(O)O. The molecule has 0 atom stereocenters. The molecular weight excluding hydrogens is 212 g/mol. The van der Waals surface area contributed by atoms with E-state index < -0.39 is 11.9 Å². The zero-order valence-corrected chi connectivity index (χ0v) is 9.56. The predicted molar refractivity (Wildman–Crippen MR) is 58.6 cm³/mol. The van der Waals surface area contributed by atoms with Gasteiger partial charge in [0.25, 0.3) is 5.97 Å². The molecule has 0 unspecified atom stereocenters. The van der Waals surface area contributed by atoms with Gasteiger partial charge in [0.1, 0.15) is 0 Å². The lowest BCUT2D eigenvalue weighted by atomic mass is 10.1. The van der Waals surface area contributed by atoms with Gasteiger partial charge < -0.3 is 20.4 Å². The number of aliphatic carboxylic acids is 1. The Hall–Kier alpha value is -0.650. The van der Waals surface area contributed by atoms with Gasteiger partial charge in [-0.3, -0.25) is 4.79 Å². The van der Waals surface area contributed by atoms with Crippen LogP contribution < -0.4 is 0 Å². The van der Waals surface area contributed by atoms with Gasteiger partial charge in [-0.25, -0.2) is 0 Å². The third kappa shape index (κ3) is 13.4. The summed E-state index contributed by atoms with van der Waals surface area (Å²) in [6.45, 7) is 0. The van der Waals surface area contributed by atoms with Gasteiger partial charge in [-0.1, -0.05) is 32.1 Å². The minimum Gasteiger partial charge on any atom is -0.481 e. The molecule has 0 spiro atoms. The Balaban J connectivity index is 3.07. The van der Waals surface area contributed by atoms with Crippen LogP contribution in [0.3, 0.4) is 0 Å². The smallest absolute Gasteiger partial charge is 0.303 e. The number of carboxylic acid groups (broad SMARTS) is 1. The third-order valence-electron chi connectivity index (χ3n) is 2.40. The maximum Gasteiger partial charge on any atom is 0.303 e. The van der Waals surface area contributed by atoms with E-state index in [-0.39, 0.29) is 12.8 Å². The van der Waals surface area contributed by atoms with E-state index in [1.54, 1.807) is 0 Å². The summed E-state index contributed by atoms with van der Waals surface area (Å²) in [6.07, 6.45) is 6.31. The Morgan fingerprint density at radius 3 is 1.69 bits per heavy atom. The van der Waals surface area contributed by atoms with E-state index in [2.05, 4.69) is 0 Å².